The Labute approximate surface area is 138 Å². The predicted octanol–water partition coefficient (Wildman–Crippen LogP) is 0.0843. The molecule has 1 N–H and O–H groups in total. The molecule has 3 heterocycles. The highest BCUT2D eigenvalue weighted by Gasteiger charge is 2.39. The number of tetrazole rings is 1. The van der Waals surface area contributed by atoms with E-state index in [2.05, 4.69) is 20.8 Å². The average molecular weight is 326 g/mol. The molecule has 1 aromatic heterocycles. The van der Waals surface area contributed by atoms with Crippen LogP contribution in [0.15, 0.2) is 30.6 Å². The van der Waals surface area contributed by atoms with Crippen molar-refractivity contribution in [2.24, 2.45) is 0 Å². The Kier molecular flexibility index (Phi) is 3.72. The number of carbonyl (C=O) groups excluding carboxylic acids is 2. The quantitative estimate of drug-likeness (QED) is 0.862. The zero-order chi connectivity index (χ0) is 16.5. The predicted molar refractivity (Wildman–Crippen MR) is 84.1 cm³/mol. The van der Waals surface area contributed by atoms with Gasteiger partial charge in [-0.3, -0.25) is 9.59 Å². The van der Waals surface area contributed by atoms with Crippen molar-refractivity contribution in [1.29, 1.82) is 0 Å². The first-order valence-corrected chi connectivity index (χ1v) is 8.11. The van der Waals surface area contributed by atoms with Crippen LogP contribution in [0.4, 0.5) is 0 Å². The lowest BCUT2D eigenvalue weighted by atomic mass is 10.1. The normalized spacial score (nSPS) is 23.0. The molecular weight excluding hydrogens is 308 g/mol. The van der Waals surface area contributed by atoms with Crippen LogP contribution in [-0.2, 0) is 16.0 Å². The molecule has 2 unspecified atom stereocenters. The van der Waals surface area contributed by atoms with Crippen LogP contribution < -0.4 is 5.32 Å². The minimum Gasteiger partial charge on any atom is -0.354 e. The van der Waals surface area contributed by atoms with Crippen LogP contribution in [0.25, 0.3) is 5.69 Å². The summed E-state index contributed by atoms with van der Waals surface area (Å²) in [5.74, 6) is 0.139. The lowest BCUT2D eigenvalue weighted by Crippen LogP contribution is -2.43. The minimum atomic E-state index is 0.0468. The highest BCUT2D eigenvalue weighted by atomic mass is 16.2. The number of carbonyl (C=O) groups is 2. The second-order valence-corrected chi connectivity index (χ2v) is 6.29. The van der Waals surface area contributed by atoms with Gasteiger partial charge in [-0.1, -0.05) is 12.1 Å². The molecule has 8 heteroatoms. The molecular formula is C16H18N6O2. The number of fused-ring (bicyclic) bond motifs is 2. The first kappa shape index (κ1) is 14.8. The number of hydrogen-bond acceptors (Lipinski definition) is 5. The van der Waals surface area contributed by atoms with E-state index in [0.717, 1.165) is 24.1 Å². The van der Waals surface area contributed by atoms with Crippen LogP contribution in [-0.4, -0.2) is 55.5 Å². The molecule has 4 rings (SSSR count). The highest BCUT2D eigenvalue weighted by Crippen LogP contribution is 2.29. The van der Waals surface area contributed by atoms with Gasteiger partial charge in [0, 0.05) is 25.0 Å². The maximum atomic E-state index is 12.8. The maximum Gasteiger partial charge on any atom is 0.227 e. The number of benzene rings is 1. The molecule has 0 spiro atoms. The fraction of sp³-hybridized carbons (Fsp3) is 0.438. The Morgan fingerprint density at radius 3 is 2.75 bits per heavy atom. The SMILES string of the molecule is O=C1CC2CCC(CN1)N2C(=O)Cc1ccc(-n2cnnn2)cc1. The molecule has 0 radical (unpaired) electrons. The smallest absolute Gasteiger partial charge is 0.227 e. The summed E-state index contributed by atoms with van der Waals surface area (Å²) in [5.41, 5.74) is 1.79. The molecule has 0 aliphatic carbocycles. The van der Waals surface area contributed by atoms with Gasteiger partial charge in [0.2, 0.25) is 11.8 Å². The van der Waals surface area contributed by atoms with E-state index in [-0.39, 0.29) is 23.9 Å². The van der Waals surface area contributed by atoms with Crippen molar-refractivity contribution in [3.8, 4) is 5.69 Å². The number of aromatic nitrogens is 4. The Morgan fingerprint density at radius 2 is 2.00 bits per heavy atom. The van der Waals surface area contributed by atoms with Crippen LogP contribution >= 0.6 is 0 Å². The highest BCUT2D eigenvalue weighted by molar-refractivity contribution is 5.83. The van der Waals surface area contributed by atoms with Crippen LogP contribution in [0.2, 0.25) is 0 Å². The fourth-order valence-electron chi connectivity index (χ4n) is 3.60. The summed E-state index contributed by atoms with van der Waals surface area (Å²) >= 11 is 0. The molecule has 2 aromatic rings. The van der Waals surface area contributed by atoms with E-state index in [9.17, 15) is 9.59 Å². The van der Waals surface area contributed by atoms with E-state index in [1.165, 1.54) is 6.33 Å². The van der Waals surface area contributed by atoms with Gasteiger partial charge >= 0.3 is 0 Å². The zero-order valence-corrected chi connectivity index (χ0v) is 13.1. The largest absolute Gasteiger partial charge is 0.354 e. The van der Waals surface area contributed by atoms with Crippen molar-refractivity contribution in [1.82, 2.24) is 30.4 Å². The lowest BCUT2D eigenvalue weighted by Gasteiger charge is -2.27. The van der Waals surface area contributed by atoms with Crippen molar-refractivity contribution < 1.29 is 9.59 Å². The number of nitrogens with one attached hydrogen (secondary N) is 1. The first-order chi connectivity index (χ1) is 11.7. The standard InChI is InChI=1S/C16H18N6O2/c23-15-8-13-5-6-14(9-17-15)22(13)16(24)7-11-1-3-12(4-2-11)21-10-18-19-20-21/h1-4,10,13-14H,5-9H2,(H,17,23). The van der Waals surface area contributed by atoms with E-state index in [1.807, 2.05) is 29.2 Å². The number of amides is 2. The van der Waals surface area contributed by atoms with Gasteiger partial charge in [0.15, 0.2) is 0 Å². The van der Waals surface area contributed by atoms with E-state index >= 15 is 0 Å². The number of hydrogen-bond donors (Lipinski definition) is 1. The Hall–Kier alpha value is -2.77. The molecule has 2 amide bonds. The second kappa shape index (κ2) is 6.03. The summed E-state index contributed by atoms with van der Waals surface area (Å²) in [6.45, 7) is 0.569. The average Bonchev–Trinajstić information content (AvgIpc) is 3.19. The molecule has 0 saturated carbocycles. The van der Waals surface area contributed by atoms with Gasteiger partial charge in [0.1, 0.15) is 6.33 Å². The maximum absolute atomic E-state index is 12.8. The number of rotatable bonds is 3. The monoisotopic (exact) mass is 326 g/mol. The van der Waals surface area contributed by atoms with Crippen LogP contribution in [0.5, 0.6) is 0 Å². The van der Waals surface area contributed by atoms with Gasteiger partial charge in [0.25, 0.3) is 0 Å². The van der Waals surface area contributed by atoms with E-state index in [0.29, 0.717) is 19.4 Å². The Balaban J connectivity index is 1.47. The molecule has 2 fully saturated rings. The molecule has 124 valence electrons. The third-order valence-electron chi connectivity index (χ3n) is 4.77. The van der Waals surface area contributed by atoms with Crippen molar-refractivity contribution in [3.63, 3.8) is 0 Å². The summed E-state index contributed by atoms with van der Waals surface area (Å²) in [7, 11) is 0. The van der Waals surface area contributed by atoms with Crippen molar-refractivity contribution in [2.45, 2.75) is 37.8 Å². The van der Waals surface area contributed by atoms with Gasteiger partial charge in [-0.05, 0) is 41.0 Å². The van der Waals surface area contributed by atoms with Crippen molar-refractivity contribution >= 4 is 11.8 Å². The topological polar surface area (TPSA) is 93.0 Å². The van der Waals surface area contributed by atoms with Crippen molar-refractivity contribution in [2.75, 3.05) is 6.54 Å². The second-order valence-electron chi connectivity index (χ2n) is 6.29. The Bertz CT molecular complexity index is 742. The summed E-state index contributed by atoms with van der Waals surface area (Å²) < 4.78 is 1.57. The third kappa shape index (κ3) is 2.75. The van der Waals surface area contributed by atoms with Crippen LogP contribution in [0, 0.1) is 0 Å². The molecule has 2 aliphatic heterocycles. The summed E-state index contributed by atoms with van der Waals surface area (Å²) in [6, 6.07) is 7.79. The molecule has 8 nitrogen and oxygen atoms in total. The fourth-order valence-corrected chi connectivity index (χ4v) is 3.60. The van der Waals surface area contributed by atoms with E-state index in [4.69, 9.17) is 0 Å². The zero-order valence-electron chi connectivity index (χ0n) is 13.1. The molecule has 2 atom stereocenters. The third-order valence-corrected chi connectivity index (χ3v) is 4.77. The molecule has 2 bridgehead atoms. The lowest BCUT2D eigenvalue weighted by molar-refractivity contribution is -0.133. The van der Waals surface area contributed by atoms with Gasteiger partial charge in [-0.25, -0.2) is 4.68 Å². The summed E-state index contributed by atoms with van der Waals surface area (Å²) in [4.78, 5) is 26.4. The van der Waals surface area contributed by atoms with Gasteiger partial charge in [-0.2, -0.15) is 0 Å². The summed E-state index contributed by atoms with van der Waals surface area (Å²) in [6.07, 6.45) is 4.17. The summed E-state index contributed by atoms with van der Waals surface area (Å²) in [5, 5.41) is 13.9. The van der Waals surface area contributed by atoms with Gasteiger partial charge in [0.05, 0.1) is 12.1 Å². The molecule has 2 aliphatic rings. The Morgan fingerprint density at radius 1 is 1.21 bits per heavy atom. The van der Waals surface area contributed by atoms with Crippen LogP contribution in [0.3, 0.4) is 0 Å². The molecule has 2 saturated heterocycles. The van der Waals surface area contributed by atoms with E-state index < -0.39 is 0 Å². The van der Waals surface area contributed by atoms with Crippen molar-refractivity contribution in [3.05, 3.63) is 36.2 Å². The van der Waals surface area contributed by atoms with Crippen LogP contribution in [0.1, 0.15) is 24.8 Å². The van der Waals surface area contributed by atoms with Gasteiger partial charge in [-0.15, -0.1) is 5.10 Å². The van der Waals surface area contributed by atoms with Gasteiger partial charge < -0.3 is 10.2 Å². The molecule has 24 heavy (non-hydrogen) atoms. The molecule has 1 aromatic carbocycles. The minimum absolute atomic E-state index is 0.0468. The number of nitrogens with zero attached hydrogens (tertiary/aromatic N) is 5. The van der Waals surface area contributed by atoms with E-state index in [1.54, 1.807) is 4.68 Å². The first-order valence-electron chi connectivity index (χ1n) is 8.11.